The summed E-state index contributed by atoms with van der Waals surface area (Å²) in [6.07, 6.45) is 2.14. The Bertz CT molecular complexity index is 921. The smallest absolute Gasteiger partial charge is 0.337 e. The van der Waals surface area contributed by atoms with Gasteiger partial charge in [-0.1, -0.05) is 12.1 Å². The van der Waals surface area contributed by atoms with Crippen molar-refractivity contribution in [2.75, 3.05) is 19.1 Å². The molecule has 0 aromatic heterocycles. The Labute approximate surface area is 172 Å². The van der Waals surface area contributed by atoms with Crippen molar-refractivity contribution in [2.45, 2.75) is 12.5 Å². The number of amides is 2. The van der Waals surface area contributed by atoms with Crippen molar-refractivity contribution < 1.29 is 28.7 Å². The minimum atomic E-state index is -1.05. The lowest BCUT2D eigenvalue weighted by Gasteiger charge is -2.24. The summed E-state index contributed by atoms with van der Waals surface area (Å²) in [6, 6.07) is 11.3. The molecule has 0 fully saturated rings. The van der Waals surface area contributed by atoms with Crippen LogP contribution in [0.2, 0.25) is 0 Å². The monoisotopic (exact) mass is 413 g/mol. The Morgan fingerprint density at radius 1 is 1.00 bits per heavy atom. The normalized spacial score (nSPS) is 13.8. The second kappa shape index (κ2) is 8.91. The highest BCUT2D eigenvalue weighted by atomic mass is 32.2. The summed E-state index contributed by atoms with van der Waals surface area (Å²) in [5.74, 6) is -1.46. The van der Waals surface area contributed by atoms with Crippen LogP contribution in [0.5, 0.6) is 5.75 Å². The SMILES string of the molecule is COC(=O)c1ccc(OC(=O)[C@H](CCSC)N2C(=O)c3ccccc3C2=O)cc1. The number of carbonyl (C=O) groups excluding carboxylic acids is 4. The highest BCUT2D eigenvalue weighted by Crippen LogP contribution is 2.27. The molecule has 150 valence electrons. The lowest BCUT2D eigenvalue weighted by molar-refractivity contribution is -0.138. The largest absolute Gasteiger partial charge is 0.465 e. The molecule has 1 heterocycles. The number of benzene rings is 2. The van der Waals surface area contributed by atoms with Gasteiger partial charge in [0.15, 0.2) is 0 Å². The van der Waals surface area contributed by atoms with Gasteiger partial charge in [0, 0.05) is 0 Å². The Balaban J connectivity index is 1.82. The number of rotatable bonds is 7. The average Bonchev–Trinajstić information content (AvgIpc) is 2.99. The number of hydrogen-bond donors (Lipinski definition) is 0. The van der Waals surface area contributed by atoms with Crippen molar-refractivity contribution in [3.05, 3.63) is 65.2 Å². The maximum atomic E-state index is 12.9. The maximum Gasteiger partial charge on any atom is 0.337 e. The molecule has 0 aliphatic carbocycles. The number of esters is 2. The Morgan fingerprint density at radius 2 is 1.59 bits per heavy atom. The van der Waals surface area contributed by atoms with Gasteiger partial charge < -0.3 is 9.47 Å². The van der Waals surface area contributed by atoms with Crippen LogP contribution in [0, 0.1) is 0 Å². The molecule has 2 aromatic rings. The number of fused-ring (bicyclic) bond motifs is 1. The molecule has 0 N–H and O–H groups in total. The number of carbonyl (C=O) groups is 4. The zero-order chi connectivity index (χ0) is 21.0. The van der Waals surface area contributed by atoms with E-state index < -0.39 is 29.8 Å². The fraction of sp³-hybridized carbons (Fsp3) is 0.238. The Hall–Kier alpha value is -3.13. The molecule has 1 atom stereocenters. The molecule has 0 bridgehead atoms. The second-order valence-corrected chi connectivity index (χ2v) is 7.25. The molecule has 29 heavy (non-hydrogen) atoms. The van der Waals surface area contributed by atoms with Crippen molar-refractivity contribution >= 4 is 35.5 Å². The zero-order valence-corrected chi connectivity index (χ0v) is 16.7. The summed E-state index contributed by atoms with van der Waals surface area (Å²) in [5, 5.41) is 0. The van der Waals surface area contributed by atoms with Gasteiger partial charge in [-0.15, -0.1) is 0 Å². The number of nitrogens with zero attached hydrogens (tertiary/aromatic N) is 1. The zero-order valence-electron chi connectivity index (χ0n) is 15.9. The minimum Gasteiger partial charge on any atom is -0.465 e. The van der Waals surface area contributed by atoms with E-state index in [4.69, 9.17) is 4.74 Å². The van der Waals surface area contributed by atoms with Crippen molar-refractivity contribution in [3.63, 3.8) is 0 Å². The van der Waals surface area contributed by atoms with Crippen LogP contribution in [-0.4, -0.2) is 53.8 Å². The molecule has 0 saturated carbocycles. The molecular formula is C21H19NO6S. The summed E-state index contributed by atoms with van der Waals surface area (Å²) < 4.78 is 10.0. The predicted octanol–water partition coefficient (Wildman–Crippen LogP) is 2.80. The van der Waals surface area contributed by atoms with Crippen molar-refractivity contribution in [1.82, 2.24) is 4.90 Å². The molecule has 0 saturated heterocycles. The fourth-order valence-corrected chi connectivity index (χ4v) is 3.49. The number of imide groups is 1. The first-order valence-corrected chi connectivity index (χ1v) is 10.2. The van der Waals surface area contributed by atoms with Gasteiger partial charge in [0.25, 0.3) is 11.8 Å². The van der Waals surface area contributed by atoms with E-state index >= 15 is 0 Å². The standard InChI is InChI=1S/C21H19NO6S/c1-27-20(25)13-7-9-14(10-8-13)28-21(26)17(11-12-29-2)22-18(23)15-5-3-4-6-16(15)19(22)24/h3-10,17H,11-12H2,1-2H3/t17-/m0/s1. The van der Waals surface area contributed by atoms with Gasteiger partial charge in [0.05, 0.1) is 23.8 Å². The van der Waals surface area contributed by atoms with Gasteiger partial charge in [-0.3, -0.25) is 14.5 Å². The fourth-order valence-electron chi connectivity index (χ4n) is 3.03. The lowest BCUT2D eigenvalue weighted by atomic mass is 10.1. The first-order chi connectivity index (χ1) is 14.0. The average molecular weight is 413 g/mol. The van der Waals surface area contributed by atoms with Crippen LogP contribution < -0.4 is 4.74 Å². The summed E-state index contributed by atoms with van der Waals surface area (Å²) in [5.41, 5.74) is 0.871. The first kappa shape index (κ1) is 20.6. The van der Waals surface area contributed by atoms with E-state index in [2.05, 4.69) is 4.74 Å². The van der Waals surface area contributed by atoms with Gasteiger partial charge in [-0.2, -0.15) is 11.8 Å². The Kier molecular flexibility index (Phi) is 6.33. The van der Waals surface area contributed by atoms with Crippen LogP contribution in [0.1, 0.15) is 37.5 Å². The number of hydrogen-bond acceptors (Lipinski definition) is 7. The van der Waals surface area contributed by atoms with Gasteiger partial charge in [0.2, 0.25) is 0 Å². The molecule has 2 aromatic carbocycles. The second-order valence-electron chi connectivity index (χ2n) is 6.26. The topological polar surface area (TPSA) is 90.0 Å². The van der Waals surface area contributed by atoms with Crippen LogP contribution in [-0.2, 0) is 9.53 Å². The van der Waals surface area contributed by atoms with E-state index in [-0.39, 0.29) is 23.3 Å². The van der Waals surface area contributed by atoms with E-state index in [9.17, 15) is 19.2 Å². The van der Waals surface area contributed by atoms with Gasteiger partial charge in [0.1, 0.15) is 11.8 Å². The van der Waals surface area contributed by atoms with E-state index in [0.717, 1.165) is 4.90 Å². The van der Waals surface area contributed by atoms with Crippen LogP contribution in [0.3, 0.4) is 0 Å². The molecule has 1 aliphatic rings. The van der Waals surface area contributed by atoms with Gasteiger partial charge in [-0.25, -0.2) is 9.59 Å². The third kappa shape index (κ3) is 4.17. The summed E-state index contributed by atoms with van der Waals surface area (Å²) >= 11 is 1.50. The van der Waals surface area contributed by atoms with Gasteiger partial charge in [-0.05, 0) is 54.8 Å². The van der Waals surface area contributed by atoms with E-state index in [1.165, 1.54) is 43.1 Å². The molecule has 0 unspecified atom stereocenters. The van der Waals surface area contributed by atoms with Crippen molar-refractivity contribution in [2.24, 2.45) is 0 Å². The van der Waals surface area contributed by atoms with Crippen LogP contribution in [0.25, 0.3) is 0 Å². The molecule has 2 amide bonds. The third-order valence-corrected chi connectivity index (χ3v) is 5.14. The quantitative estimate of drug-likeness (QED) is 0.392. The highest BCUT2D eigenvalue weighted by Gasteiger charge is 2.43. The number of thioether (sulfide) groups is 1. The molecule has 8 heteroatoms. The van der Waals surface area contributed by atoms with Crippen LogP contribution in [0.15, 0.2) is 48.5 Å². The molecule has 7 nitrogen and oxygen atoms in total. The summed E-state index contributed by atoms with van der Waals surface area (Å²) in [6.45, 7) is 0. The van der Waals surface area contributed by atoms with Crippen molar-refractivity contribution in [1.29, 1.82) is 0 Å². The van der Waals surface area contributed by atoms with E-state index in [1.807, 2.05) is 6.26 Å². The van der Waals surface area contributed by atoms with Crippen molar-refractivity contribution in [3.8, 4) is 5.75 Å². The molecular weight excluding hydrogens is 394 g/mol. The van der Waals surface area contributed by atoms with E-state index in [1.54, 1.807) is 24.3 Å². The maximum absolute atomic E-state index is 12.9. The van der Waals surface area contributed by atoms with E-state index in [0.29, 0.717) is 11.3 Å². The molecule has 3 rings (SSSR count). The Morgan fingerprint density at radius 3 is 2.10 bits per heavy atom. The number of ether oxygens (including phenoxy) is 2. The molecule has 0 spiro atoms. The molecule has 1 aliphatic heterocycles. The minimum absolute atomic E-state index is 0.202. The predicted molar refractivity (Wildman–Crippen MR) is 107 cm³/mol. The first-order valence-electron chi connectivity index (χ1n) is 8.84. The lowest BCUT2D eigenvalue weighted by Crippen LogP contribution is -2.47. The summed E-state index contributed by atoms with van der Waals surface area (Å²) in [7, 11) is 1.27. The summed E-state index contributed by atoms with van der Waals surface area (Å²) in [4.78, 5) is 50.9. The van der Waals surface area contributed by atoms with Gasteiger partial charge >= 0.3 is 11.9 Å². The van der Waals surface area contributed by atoms with Crippen LogP contribution in [0.4, 0.5) is 0 Å². The van der Waals surface area contributed by atoms with Crippen LogP contribution >= 0.6 is 11.8 Å². The third-order valence-electron chi connectivity index (χ3n) is 4.50. The number of methoxy groups -OCH3 is 1. The molecule has 0 radical (unpaired) electrons. The highest BCUT2D eigenvalue weighted by molar-refractivity contribution is 7.98.